The molecule has 0 aliphatic carbocycles. The highest BCUT2D eigenvalue weighted by Crippen LogP contribution is 2.24. The molecule has 3 nitrogen and oxygen atoms in total. The first-order valence-corrected chi connectivity index (χ1v) is 6.21. The van der Waals surface area contributed by atoms with E-state index >= 15 is 0 Å². The minimum absolute atomic E-state index is 0.504. The van der Waals surface area contributed by atoms with Gasteiger partial charge in [-0.1, -0.05) is 6.07 Å². The number of hydrogen-bond donors (Lipinski definition) is 1. The summed E-state index contributed by atoms with van der Waals surface area (Å²) in [6.45, 7) is 2.86. The maximum atomic E-state index is 5.60. The first-order chi connectivity index (χ1) is 8.36. The van der Waals surface area contributed by atoms with Crippen molar-refractivity contribution in [2.24, 2.45) is 5.73 Å². The van der Waals surface area contributed by atoms with Gasteiger partial charge >= 0.3 is 0 Å². The molecule has 3 heteroatoms. The van der Waals surface area contributed by atoms with Crippen LogP contribution in [0.4, 0.5) is 5.69 Å². The molecule has 0 radical (unpaired) electrons. The van der Waals surface area contributed by atoms with Crippen LogP contribution in [0.2, 0.25) is 0 Å². The highest BCUT2D eigenvalue weighted by atomic mass is 15.1. The first kappa shape index (κ1) is 10.5. The molecule has 1 aliphatic heterocycles. The van der Waals surface area contributed by atoms with E-state index in [-0.39, 0.29) is 0 Å². The third-order valence-corrected chi connectivity index (χ3v) is 3.41. The fraction of sp³-hybridized carbons (Fsp3) is 0.357. The lowest BCUT2D eigenvalue weighted by molar-refractivity contribution is 0.949. The largest absolute Gasteiger partial charge is 0.372 e. The molecule has 3 rings (SSSR count). The Morgan fingerprint density at radius 3 is 2.71 bits per heavy atom. The molecule has 1 aromatic carbocycles. The van der Waals surface area contributed by atoms with Crippen molar-refractivity contribution in [1.82, 2.24) is 4.98 Å². The van der Waals surface area contributed by atoms with Crippen LogP contribution < -0.4 is 10.6 Å². The second kappa shape index (κ2) is 4.34. The summed E-state index contributed by atoms with van der Waals surface area (Å²) in [7, 11) is 0. The Hall–Kier alpha value is -1.61. The Balaban J connectivity index is 2.01. The van der Waals surface area contributed by atoms with E-state index in [0.717, 1.165) is 11.2 Å². The molecule has 2 heterocycles. The summed E-state index contributed by atoms with van der Waals surface area (Å²) in [4.78, 5) is 6.96. The number of fused-ring (bicyclic) bond motifs is 1. The number of nitrogens with zero attached hydrogens (tertiary/aromatic N) is 2. The van der Waals surface area contributed by atoms with Crippen molar-refractivity contribution < 1.29 is 0 Å². The summed E-state index contributed by atoms with van der Waals surface area (Å²) in [6.07, 6.45) is 2.62. The molecule has 2 aromatic rings. The molecular formula is C14H17N3. The molecule has 0 unspecified atom stereocenters. The number of aromatic nitrogens is 1. The Labute approximate surface area is 101 Å². The molecule has 0 atom stereocenters. The van der Waals surface area contributed by atoms with Crippen molar-refractivity contribution in [1.29, 1.82) is 0 Å². The topological polar surface area (TPSA) is 42.1 Å². The van der Waals surface area contributed by atoms with Gasteiger partial charge in [0.2, 0.25) is 0 Å². The first-order valence-electron chi connectivity index (χ1n) is 6.21. The zero-order chi connectivity index (χ0) is 11.7. The molecule has 1 aliphatic rings. The Morgan fingerprint density at radius 1 is 1.12 bits per heavy atom. The average molecular weight is 227 g/mol. The van der Waals surface area contributed by atoms with Gasteiger partial charge in [0, 0.05) is 30.7 Å². The van der Waals surface area contributed by atoms with Gasteiger partial charge in [0.1, 0.15) is 0 Å². The van der Waals surface area contributed by atoms with Crippen LogP contribution in [0, 0.1) is 0 Å². The minimum Gasteiger partial charge on any atom is -0.372 e. The van der Waals surface area contributed by atoms with E-state index in [1.165, 1.54) is 37.0 Å². The van der Waals surface area contributed by atoms with E-state index < -0.39 is 0 Å². The average Bonchev–Trinajstić information content (AvgIpc) is 2.91. The van der Waals surface area contributed by atoms with Crippen LogP contribution >= 0.6 is 0 Å². The summed E-state index contributed by atoms with van der Waals surface area (Å²) in [6, 6.07) is 10.6. The van der Waals surface area contributed by atoms with Gasteiger partial charge in [-0.25, -0.2) is 0 Å². The molecule has 0 bridgehead atoms. The number of nitrogens with two attached hydrogens (primary N) is 1. The fourth-order valence-electron chi connectivity index (χ4n) is 2.44. The lowest BCUT2D eigenvalue weighted by Crippen LogP contribution is -2.17. The van der Waals surface area contributed by atoms with Crippen molar-refractivity contribution in [2.45, 2.75) is 19.4 Å². The third kappa shape index (κ3) is 1.98. The summed E-state index contributed by atoms with van der Waals surface area (Å²) < 4.78 is 0. The van der Waals surface area contributed by atoms with E-state index in [4.69, 9.17) is 5.73 Å². The summed E-state index contributed by atoms with van der Waals surface area (Å²) in [5, 5.41) is 1.20. The van der Waals surface area contributed by atoms with Crippen molar-refractivity contribution in [3.63, 3.8) is 0 Å². The Bertz CT molecular complexity index is 530. The van der Waals surface area contributed by atoms with Gasteiger partial charge in [0.15, 0.2) is 0 Å². The summed E-state index contributed by atoms with van der Waals surface area (Å²) in [5.74, 6) is 0. The molecule has 1 fully saturated rings. The molecule has 0 saturated carbocycles. The van der Waals surface area contributed by atoms with E-state index in [9.17, 15) is 0 Å². The van der Waals surface area contributed by atoms with E-state index in [1.54, 1.807) is 0 Å². The number of benzene rings is 1. The predicted octanol–water partition coefficient (Wildman–Crippen LogP) is 2.29. The third-order valence-electron chi connectivity index (χ3n) is 3.41. The van der Waals surface area contributed by atoms with Crippen LogP contribution in [-0.2, 0) is 6.54 Å². The van der Waals surface area contributed by atoms with Crippen LogP contribution in [0.15, 0.2) is 30.3 Å². The normalized spacial score (nSPS) is 15.7. The molecule has 88 valence electrons. The van der Waals surface area contributed by atoms with Crippen LogP contribution in [0.1, 0.15) is 18.5 Å². The lowest BCUT2D eigenvalue weighted by atomic mass is 10.1. The van der Waals surface area contributed by atoms with Crippen molar-refractivity contribution in [2.75, 3.05) is 18.0 Å². The SMILES string of the molecule is NCc1ccc2cc(N3CCCC3)ccc2n1. The van der Waals surface area contributed by atoms with E-state index in [1.807, 2.05) is 6.07 Å². The maximum absolute atomic E-state index is 5.60. The molecule has 1 aromatic heterocycles. The molecule has 2 N–H and O–H groups in total. The smallest absolute Gasteiger partial charge is 0.0707 e. The maximum Gasteiger partial charge on any atom is 0.0707 e. The van der Waals surface area contributed by atoms with Crippen molar-refractivity contribution >= 4 is 16.6 Å². The Kier molecular flexibility index (Phi) is 2.69. The quantitative estimate of drug-likeness (QED) is 0.856. The monoisotopic (exact) mass is 227 g/mol. The lowest BCUT2D eigenvalue weighted by Gasteiger charge is -2.17. The van der Waals surface area contributed by atoms with E-state index in [2.05, 4.69) is 34.1 Å². The van der Waals surface area contributed by atoms with Gasteiger partial charge < -0.3 is 10.6 Å². The number of hydrogen-bond acceptors (Lipinski definition) is 3. The molecule has 1 saturated heterocycles. The van der Waals surface area contributed by atoms with Crippen molar-refractivity contribution in [3.8, 4) is 0 Å². The molecule has 0 amide bonds. The van der Waals surface area contributed by atoms with Crippen LogP contribution in [0.5, 0.6) is 0 Å². The van der Waals surface area contributed by atoms with Crippen LogP contribution in [0.3, 0.4) is 0 Å². The Morgan fingerprint density at radius 2 is 1.94 bits per heavy atom. The highest BCUT2D eigenvalue weighted by molar-refractivity contribution is 5.82. The molecule has 17 heavy (non-hydrogen) atoms. The second-order valence-corrected chi connectivity index (χ2v) is 4.58. The van der Waals surface area contributed by atoms with Gasteiger partial charge in [0.25, 0.3) is 0 Å². The van der Waals surface area contributed by atoms with Crippen LogP contribution in [-0.4, -0.2) is 18.1 Å². The summed E-state index contributed by atoms with van der Waals surface area (Å²) in [5.41, 5.74) is 8.90. The highest BCUT2D eigenvalue weighted by Gasteiger charge is 2.12. The zero-order valence-electron chi connectivity index (χ0n) is 9.89. The fourth-order valence-corrected chi connectivity index (χ4v) is 2.44. The van der Waals surface area contributed by atoms with Crippen molar-refractivity contribution in [3.05, 3.63) is 36.0 Å². The molecule has 0 spiro atoms. The molecular weight excluding hydrogens is 210 g/mol. The second-order valence-electron chi connectivity index (χ2n) is 4.58. The van der Waals surface area contributed by atoms with Gasteiger partial charge in [-0.05, 0) is 37.1 Å². The standard InChI is InChI=1S/C14H17N3/c15-10-12-4-3-11-9-13(5-6-14(11)16-12)17-7-1-2-8-17/h3-6,9H,1-2,7-8,10,15H2. The number of rotatable bonds is 2. The van der Waals surface area contributed by atoms with E-state index in [0.29, 0.717) is 6.54 Å². The number of anilines is 1. The van der Waals surface area contributed by atoms with Gasteiger partial charge in [0.05, 0.1) is 11.2 Å². The van der Waals surface area contributed by atoms with Crippen LogP contribution in [0.25, 0.3) is 10.9 Å². The number of pyridine rings is 1. The predicted molar refractivity (Wildman–Crippen MR) is 71.1 cm³/mol. The summed E-state index contributed by atoms with van der Waals surface area (Å²) >= 11 is 0. The zero-order valence-corrected chi connectivity index (χ0v) is 9.89. The van der Waals surface area contributed by atoms with Gasteiger partial charge in [-0.15, -0.1) is 0 Å². The van der Waals surface area contributed by atoms with Gasteiger partial charge in [-0.3, -0.25) is 4.98 Å². The minimum atomic E-state index is 0.504. The van der Waals surface area contributed by atoms with Gasteiger partial charge in [-0.2, -0.15) is 0 Å².